The maximum atomic E-state index is 11.4. The standard InChI is InChI=1S/C15H19N3O5/c1-4-23-12-6-5-10(7-11(12)15(21)22)8-16-18-14(20)13(19)17-9(2)3/h5-9H,4H2,1-3H3,(H,17,19)(H,18,20)(H,21,22)/p-1/b16-8-. The number of ether oxygens (including phenoxy) is 1. The van der Waals surface area contributed by atoms with Crippen LogP contribution in [0.2, 0.25) is 0 Å². The van der Waals surface area contributed by atoms with Crippen LogP contribution < -0.4 is 20.6 Å². The molecule has 23 heavy (non-hydrogen) atoms. The Labute approximate surface area is 133 Å². The van der Waals surface area contributed by atoms with Gasteiger partial charge in [0.1, 0.15) is 5.75 Å². The maximum absolute atomic E-state index is 11.4. The minimum atomic E-state index is -1.39. The number of nitrogens with zero attached hydrogens (tertiary/aromatic N) is 1. The molecule has 0 saturated carbocycles. The van der Waals surface area contributed by atoms with Crippen molar-refractivity contribution in [2.75, 3.05) is 6.61 Å². The van der Waals surface area contributed by atoms with Crippen molar-refractivity contribution < 1.29 is 24.2 Å². The predicted octanol–water partition coefficient (Wildman–Crippen LogP) is -0.576. The number of hydrogen-bond donors (Lipinski definition) is 2. The van der Waals surface area contributed by atoms with Crippen LogP contribution >= 0.6 is 0 Å². The first-order chi connectivity index (χ1) is 10.8. The molecular weight excluding hydrogens is 302 g/mol. The lowest BCUT2D eigenvalue weighted by Gasteiger charge is -2.11. The largest absolute Gasteiger partial charge is 0.545 e. The molecule has 2 N–H and O–H groups in total. The quantitative estimate of drug-likeness (QED) is 0.413. The van der Waals surface area contributed by atoms with Crippen LogP contribution in [0.5, 0.6) is 5.75 Å². The molecule has 0 aromatic heterocycles. The molecule has 0 radical (unpaired) electrons. The summed E-state index contributed by atoms with van der Waals surface area (Å²) >= 11 is 0. The predicted molar refractivity (Wildman–Crippen MR) is 81.0 cm³/mol. The number of aromatic carboxylic acids is 1. The second-order valence-corrected chi connectivity index (χ2v) is 4.80. The number of rotatable bonds is 6. The third-order valence-electron chi connectivity index (χ3n) is 2.53. The van der Waals surface area contributed by atoms with Crippen molar-refractivity contribution in [1.82, 2.24) is 10.7 Å². The zero-order valence-electron chi connectivity index (χ0n) is 13.1. The number of carbonyl (C=O) groups excluding carboxylic acids is 3. The highest BCUT2D eigenvalue weighted by molar-refractivity contribution is 6.35. The van der Waals surface area contributed by atoms with Gasteiger partial charge >= 0.3 is 11.8 Å². The van der Waals surface area contributed by atoms with Crippen LogP contribution in [-0.4, -0.2) is 36.6 Å². The zero-order chi connectivity index (χ0) is 17.4. The SMILES string of the molecule is CCOc1ccc(/C=N\NC(=O)C(=O)NC(C)C)cc1C(=O)[O-]. The number of hydrazone groups is 1. The van der Waals surface area contributed by atoms with Crippen molar-refractivity contribution in [3.8, 4) is 5.75 Å². The van der Waals surface area contributed by atoms with Crippen molar-refractivity contribution in [2.24, 2.45) is 5.10 Å². The van der Waals surface area contributed by atoms with Crippen LogP contribution in [0.3, 0.4) is 0 Å². The molecule has 0 saturated heterocycles. The van der Waals surface area contributed by atoms with Gasteiger partial charge in [-0.1, -0.05) is 0 Å². The lowest BCUT2D eigenvalue weighted by Crippen LogP contribution is -2.41. The van der Waals surface area contributed by atoms with Gasteiger partial charge in [0.2, 0.25) is 0 Å². The molecule has 0 aliphatic rings. The molecule has 0 bridgehead atoms. The number of carboxylic acid groups (broad SMARTS) is 1. The molecular formula is C15H18N3O5-. The monoisotopic (exact) mass is 320 g/mol. The van der Waals surface area contributed by atoms with Crippen LogP contribution in [0.15, 0.2) is 23.3 Å². The van der Waals surface area contributed by atoms with Crippen molar-refractivity contribution in [3.05, 3.63) is 29.3 Å². The minimum absolute atomic E-state index is 0.125. The Kier molecular flexibility index (Phi) is 6.72. The van der Waals surface area contributed by atoms with E-state index in [0.717, 1.165) is 0 Å². The normalized spacial score (nSPS) is 10.6. The second kappa shape index (κ2) is 8.52. The summed E-state index contributed by atoms with van der Waals surface area (Å²) in [5.41, 5.74) is 2.32. The van der Waals surface area contributed by atoms with E-state index in [1.54, 1.807) is 26.8 Å². The van der Waals surface area contributed by atoms with Gasteiger partial charge in [-0.05, 0) is 44.5 Å². The summed E-state index contributed by atoms with van der Waals surface area (Å²) < 4.78 is 5.18. The molecule has 2 amide bonds. The summed E-state index contributed by atoms with van der Waals surface area (Å²) in [5.74, 6) is -2.92. The van der Waals surface area contributed by atoms with Crippen molar-refractivity contribution >= 4 is 24.0 Å². The number of carbonyl (C=O) groups is 3. The Bertz CT molecular complexity index is 626. The first-order valence-electron chi connectivity index (χ1n) is 6.97. The first-order valence-corrected chi connectivity index (χ1v) is 6.97. The molecule has 0 fully saturated rings. The Morgan fingerprint density at radius 2 is 2.00 bits per heavy atom. The van der Waals surface area contributed by atoms with Crippen LogP contribution in [-0.2, 0) is 9.59 Å². The van der Waals surface area contributed by atoms with E-state index in [4.69, 9.17) is 4.74 Å². The Hall–Kier alpha value is -2.90. The van der Waals surface area contributed by atoms with E-state index in [1.807, 2.05) is 5.43 Å². The first kappa shape index (κ1) is 18.1. The molecule has 0 spiro atoms. The topological polar surface area (TPSA) is 120 Å². The van der Waals surface area contributed by atoms with Gasteiger partial charge < -0.3 is 20.0 Å². The number of amides is 2. The third-order valence-corrected chi connectivity index (χ3v) is 2.53. The Balaban J connectivity index is 2.77. The average Bonchev–Trinajstić information content (AvgIpc) is 2.47. The zero-order valence-corrected chi connectivity index (χ0v) is 13.1. The molecule has 0 unspecified atom stereocenters. The van der Waals surface area contributed by atoms with Crippen molar-refractivity contribution in [3.63, 3.8) is 0 Å². The van der Waals surface area contributed by atoms with Gasteiger partial charge in [-0.15, -0.1) is 0 Å². The highest BCUT2D eigenvalue weighted by Gasteiger charge is 2.13. The van der Waals surface area contributed by atoms with Crippen LogP contribution in [0.1, 0.15) is 36.7 Å². The van der Waals surface area contributed by atoms with E-state index >= 15 is 0 Å². The molecule has 124 valence electrons. The maximum Gasteiger partial charge on any atom is 0.329 e. The van der Waals surface area contributed by atoms with Crippen LogP contribution in [0.4, 0.5) is 0 Å². The summed E-state index contributed by atoms with van der Waals surface area (Å²) in [6.45, 7) is 5.48. The van der Waals surface area contributed by atoms with Gasteiger partial charge in [-0.25, -0.2) is 5.43 Å². The highest BCUT2D eigenvalue weighted by atomic mass is 16.5. The molecule has 8 heteroatoms. The van der Waals surface area contributed by atoms with Gasteiger partial charge in [0.15, 0.2) is 0 Å². The van der Waals surface area contributed by atoms with Gasteiger partial charge in [0, 0.05) is 11.6 Å². The van der Waals surface area contributed by atoms with E-state index in [2.05, 4.69) is 10.4 Å². The van der Waals surface area contributed by atoms with Crippen LogP contribution in [0, 0.1) is 0 Å². The van der Waals surface area contributed by atoms with E-state index < -0.39 is 17.8 Å². The molecule has 1 aromatic carbocycles. The molecule has 0 aliphatic heterocycles. The van der Waals surface area contributed by atoms with Crippen molar-refractivity contribution in [2.45, 2.75) is 26.8 Å². The van der Waals surface area contributed by atoms with E-state index in [9.17, 15) is 19.5 Å². The summed E-state index contributed by atoms with van der Waals surface area (Å²) in [7, 11) is 0. The fraction of sp³-hybridized carbons (Fsp3) is 0.333. The molecule has 0 heterocycles. The second-order valence-electron chi connectivity index (χ2n) is 4.80. The lowest BCUT2D eigenvalue weighted by molar-refractivity contribution is -0.255. The summed E-state index contributed by atoms with van der Waals surface area (Å²) in [5, 5.41) is 17.1. The smallest absolute Gasteiger partial charge is 0.329 e. The fourth-order valence-corrected chi connectivity index (χ4v) is 1.61. The van der Waals surface area contributed by atoms with Gasteiger partial charge in [-0.2, -0.15) is 5.10 Å². The summed E-state index contributed by atoms with van der Waals surface area (Å²) in [6.07, 6.45) is 1.21. The average molecular weight is 320 g/mol. The van der Waals surface area contributed by atoms with E-state index in [0.29, 0.717) is 12.2 Å². The number of nitrogens with one attached hydrogen (secondary N) is 2. The number of benzene rings is 1. The number of hydrogen-bond acceptors (Lipinski definition) is 6. The summed E-state index contributed by atoms with van der Waals surface area (Å²) in [6, 6.07) is 4.14. The molecule has 0 atom stereocenters. The highest BCUT2D eigenvalue weighted by Crippen LogP contribution is 2.18. The van der Waals surface area contributed by atoms with Crippen molar-refractivity contribution in [1.29, 1.82) is 0 Å². The Morgan fingerprint density at radius 1 is 1.30 bits per heavy atom. The minimum Gasteiger partial charge on any atom is -0.545 e. The number of carboxylic acids is 1. The molecule has 8 nitrogen and oxygen atoms in total. The van der Waals surface area contributed by atoms with E-state index in [-0.39, 0.29) is 17.4 Å². The lowest BCUT2D eigenvalue weighted by atomic mass is 10.1. The van der Waals surface area contributed by atoms with Crippen LogP contribution in [0.25, 0.3) is 0 Å². The Morgan fingerprint density at radius 3 is 2.57 bits per heavy atom. The molecule has 0 aliphatic carbocycles. The van der Waals surface area contributed by atoms with E-state index in [1.165, 1.54) is 18.3 Å². The van der Waals surface area contributed by atoms with Gasteiger partial charge in [0.25, 0.3) is 0 Å². The van der Waals surface area contributed by atoms with Gasteiger partial charge in [0.05, 0.1) is 18.8 Å². The third kappa shape index (κ3) is 5.77. The molecule has 1 aromatic rings. The fourth-order valence-electron chi connectivity index (χ4n) is 1.61. The summed E-state index contributed by atoms with van der Waals surface area (Å²) in [4.78, 5) is 33.8. The molecule has 1 rings (SSSR count). The van der Waals surface area contributed by atoms with Gasteiger partial charge in [-0.3, -0.25) is 9.59 Å².